The Labute approximate surface area is 156 Å². The van der Waals surface area contributed by atoms with E-state index in [4.69, 9.17) is 0 Å². The molecule has 1 aliphatic carbocycles. The average Bonchev–Trinajstić information content (AvgIpc) is 3.26. The van der Waals surface area contributed by atoms with E-state index in [1.807, 2.05) is 19.6 Å². The lowest BCUT2D eigenvalue weighted by Gasteiger charge is -2.28. The molecule has 3 nitrogen and oxygen atoms in total. The summed E-state index contributed by atoms with van der Waals surface area (Å²) in [4.78, 5) is 8.79. The lowest BCUT2D eigenvalue weighted by atomic mass is 9.80. The molecule has 26 heavy (non-hydrogen) atoms. The summed E-state index contributed by atoms with van der Waals surface area (Å²) in [5.74, 6) is 0.616. The molecule has 0 saturated heterocycles. The van der Waals surface area contributed by atoms with Crippen molar-refractivity contribution in [3.05, 3.63) is 66.3 Å². The molecule has 134 valence electrons. The molecule has 1 atom stereocenters. The molecular weight excluding hydrogens is 318 g/mol. The van der Waals surface area contributed by atoms with E-state index in [9.17, 15) is 0 Å². The third-order valence-electron chi connectivity index (χ3n) is 6.12. The van der Waals surface area contributed by atoms with Crippen molar-refractivity contribution in [3.8, 4) is 0 Å². The van der Waals surface area contributed by atoms with Crippen LogP contribution in [0.3, 0.4) is 0 Å². The lowest BCUT2D eigenvalue weighted by molar-refractivity contribution is 0.473. The summed E-state index contributed by atoms with van der Waals surface area (Å²) in [6.45, 7) is 6.73. The molecule has 0 amide bonds. The minimum Gasteiger partial charge on any atom is -0.323 e. The maximum Gasteiger partial charge on any atom is 0.0956 e. The summed E-state index contributed by atoms with van der Waals surface area (Å²) in [6, 6.07) is 11.1. The molecule has 0 radical (unpaired) electrons. The third-order valence-corrected chi connectivity index (χ3v) is 6.12. The van der Waals surface area contributed by atoms with Crippen molar-refractivity contribution in [3.63, 3.8) is 0 Å². The first-order valence-corrected chi connectivity index (χ1v) is 9.59. The average molecular weight is 345 g/mol. The van der Waals surface area contributed by atoms with Crippen molar-refractivity contribution >= 4 is 16.9 Å². The van der Waals surface area contributed by atoms with Gasteiger partial charge < -0.3 is 4.57 Å². The molecule has 2 heterocycles. The van der Waals surface area contributed by atoms with E-state index in [-0.39, 0.29) is 0 Å². The molecule has 0 spiro atoms. The van der Waals surface area contributed by atoms with E-state index in [1.165, 1.54) is 46.5 Å². The van der Waals surface area contributed by atoms with Gasteiger partial charge in [0, 0.05) is 12.8 Å². The Kier molecular flexibility index (Phi) is 4.62. The Bertz CT molecular complexity index is 860. The Morgan fingerprint density at radius 2 is 1.96 bits per heavy atom. The van der Waals surface area contributed by atoms with Crippen LogP contribution >= 0.6 is 0 Å². The van der Waals surface area contributed by atoms with Gasteiger partial charge in [0.25, 0.3) is 0 Å². The van der Waals surface area contributed by atoms with Crippen molar-refractivity contribution < 1.29 is 0 Å². The fourth-order valence-corrected chi connectivity index (χ4v) is 4.60. The minimum atomic E-state index is 0.309. The quantitative estimate of drug-likeness (QED) is 0.666. The van der Waals surface area contributed by atoms with E-state index >= 15 is 0 Å². The van der Waals surface area contributed by atoms with E-state index in [2.05, 4.69) is 58.4 Å². The van der Waals surface area contributed by atoms with Crippen LogP contribution in [0.1, 0.15) is 56.3 Å². The number of rotatable bonds is 4. The normalized spacial score (nSPS) is 22.5. The van der Waals surface area contributed by atoms with Crippen LogP contribution in [-0.2, 0) is 0 Å². The second kappa shape index (κ2) is 7.06. The predicted molar refractivity (Wildman–Crippen MR) is 109 cm³/mol. The van der Waals surface area contributed by atoms with E-state index in [0.29, 0.717) is 12.0 Å². The van der Waals surface area contributed by atoms with Crippen LogP contribution in [0.15, 0.2) is 60.0 Å². The van der Waals surface area contributed by atoms with Gasteiger partial charge in [-0.1, -0.05) is 42.5 Å². The van der Waals surface area contributed by atoms with E-state index < -0.39 is 0 Å². The number of nitrogens with zero attached hydrogens (tertiary/aromatic N) is 3. The zero-order valence-electron chi connectivity index (χ0n) is 15.8. The Balaban J connectivity index is 1.59. The lowest BCUT2D eigenvalue weighted by Crippen LogP contribution is -2.18. The van der Waals surface area contributed by atoms with Gasteiger partial charge in [0.2, 0.25) is 0 Å². The zero-order valence-corrected chi connectivity index (χ0v) is 15.8. The molecule has 2 aliphatic rings. The number of imidazole rings is 1. The molecule has 1 aliphatic heterocycles. The second-order valence-corrected chi connectivity index (χ2v) is 7.53. The Morgan fingerprint density at radius 1 is 1.23 bits per heavy atom. The topological polar surface area (TPSA) is 30.2 Å². The van der Waals surface area contributed by atoms with Gasteiger partial charge in [-0.2, -0.15) is 0 Å². The first kappa shape index (κ1) is 17.0. The van der Waals surface area contributed by atoms with Crippen molar-refractivity contribution in [2.24, 2.45) is 10.9 Å². The highest BCUT2D eigenvalue weighted by Crippen LogP contribution is 2.46. The van der Waals surface area contributed by atoms with Crippen LogP contribution in [0.5, 0.6) is 0 Å². The van der Waals surface area contributed by atoms with Gasteiger partial charge in [0.05, 0.1) is 24.3 Å². The summed E-state index contributed by atoms with van der Waals surface area (Å²) < 4.78 is 2.34. The van der Waals surface area contributed by atoms with Crippen LogP contribution in [0.25, 0.3) is 11.1 Å². The fourth-order valence-electron chi connectivity index (χ4n) is 4.60. The molecule has 0 bridgehead atoms. The van der Waals surface area contributed by atoms with Crippen LogP contribution in [0.2, 0.25) is 0 Å². The van der Waals surface area contributed by atoms with Crippen molar-refractivity contribution in [1.29, 1.82) is 0 Å². The monoisotopic (exact) mass is 345 g/mol. The number of fused-ring (bicyclic) bond motifs is 1. The number of hydrogen-bond acceptors (Lipinski definition) is 2. The molecule has 1 aromatic carbocycles. The van der Waals surface area contributed by atoms with Gasteiger partial charge in [0.1, 0.15) is 0 Å². The summed E-state index contributed by atoms with van der Waals surface area (Å²) in [5.41, 5.74) is 8.08. The largest absolute Gasteiger partial charge is 0.323 e. The van der Waals surface area contributed by atoms with Gasteiger partial charge >= 0.3 is 0 Å². The molecule has 0 N–H and O–H groups in total. The Morgan fingerprint density at radius 3 is 2.65 bits per heavy atom. The number of benzene rings is 1. The first-order chi connectivity index (χ1) is 12.7. The highest BCUT2D eigenvalue weighted by atomic mass is 15.1. The van der Waals surface area contributed by atoms with Gasteiger partial charge in [-0.15, -0.1) is 0 Å². The van der Waals surface area contributed by atoms with E-state index in [1.54, 1.807) is 0 Å². The SMILES string of the molecule is C=C(CC1C(c2ccccc2)=C(C)c2cncn21)C1CCC(=NC)CC1. The Hall–Kier alpha value is -2.42. The van der Waals surface area contributed by atoms with Crippen molar-refractivity contribution in [2.75, 3.05) is 7.05 Å². The molecular formula is C23H27N3. The van der Waals surface area contributed by atoms with E-state index in [0.717, 1.165) is 19.3 Å². The molecule has 1 fully saturated rings. The van der Waals surface area contributed by atoms with Crippen molar-refractivity contribution in [1.82, 2.24) is 9.55 Å². The van der Waals surface area contributed by atoms with Gasteiger partial charge in [-0.25, -0.2) is 4.98 Å². The summed E-state index contributed by atoms with van der Waals surface area (Å²) >= 11 is 0. The van der Waals surface area contributed by atoms with Crippen LogP contribution < -0.4 is 0 Å². The third kappa shape index (κ3) is 2.96. The fraction of sp³-hybridized carbons (Fsp3) is 0.391. The standard InChI is InChI=1S/C23H27N3/c1-16(18-9-11-20(24-3)12-10-18)13-21-23(19-7-5-4-6-8-19)17(2)22-14-25-15-26(21)22/h4-8,14-15,18,21H,1,9-13H2,2-3H3. The number of aromatic nitrogens is 2. The van der Waals surface area contributed by atoms with Gasteiger partial charge in [-0.3, -0.25) is 4.99 Å². The predicted octanol–water partition coefficient (Wildman–Crippen LogP) is 5.58. The summed E-state index contributed by atoms with van der Waals surface area (Å²) in [5, 5.41) is 0. The zero-order chi connectivity index (χ0) is 18.1. The molecule has 1 unspecified atom stereocenters. The number of allylic oxidation sites excluding steroid dienone is 3. The second-order valence-electron chi connectivity index (χ2n) is 7.53. The maximum atomic E-state index is 4.51. The molecule has 2 aromatic rings. The minimum absolute atomic E-state index is 0.309. The number of hydrogen-bond donors (Lipinski definition) is 0. The van der Waals surface area contributed by atoms with Gasteiger partial charge in [-0.05, 0) is 61.7 Å². The molecule has 1 saturated carbocycles. The van der Waals surface area contributed by atoms with Gasteiger partial charge in [0.15, 0.2) is 0 Å². The molecule has 4 rings (SSSR count). The van der Waals surface area contributed by atoms with Crippen LogP contribution in [0.4, 0.5) is 0 Å². The summed E-state index contributed by atoms with van der Waals surface area (Å²) in [7, 11) is 1.92. The highest BCUT2D eigenvalue weighted by molar-refractivity contribution is 5.94. The van der Waals surface area contributed by atoms with Crippen LogP contribution in [-0.4, -0.2) is 22.3 Å². The number of aliphatic imine (C=N–C) groups is 1. The highest BCUT2D eigenvalue weighted by Gasteiger charge is 2.31. The first-order valence-electron chi connectivity index (χ1n) is 9.59. The smallest absolute Gasteiger partial charge is 0.0956 e. The van der Waals surface area contributed by atoms with Crippen molar-refractivity contribution in [2.45, 2.75) is 45.1 Å². The molecule has 3 heteroatoms. The van der Waals surface area contributed by atoms with Crippen LogP contribution in [0, 0.1) is 5.92 Å². The summed E-state index contributed by atoms with van der Waals surface area (Å²) in [6.07, 6.45) is 9.61. The maximum absolute atomic E-state index is 4.51. The molecule has 1 aromatic heterocycles.